The number of nitrogens with zero attached hydrogens (tertiary/aromatic N) is 2. The number of hydrogen-bond donors (Lipinski definition) is 2. The van der Waals surface area contributed by atoms with Crippen LogP contribution in [0.15, 0.2) is 59.7 Å². The molecule has 0 atom stereocenters. The number of fused-ring (bicyclic) bond motifs is 1. The van der Waals surface area contributed by atoms with Crippen LogP contribution in [0.3, 0.4) is 0 Å². The highest BCUT2D eigenvalue weighted by Crippen LogP contribution is 2.13. The minimum Gasteiger partial charge on any atom is -0.508 e. The molecule has 0 spiro atoms. The summed E-state index contributed by atoms with van der Waals surface area (Å²) >= 11 is 0. The molecule has 1 aromatic heterocycles. The summed E-state index contributed by atoms with van der Waals surface area (Å²) in [4.78, 5) is 28.4. The molecule has 110 valence electrons. The average Bonchev–Trinajstić information content (AvgIpc) is 2.53. The van der Waals surface area contributed by atoms with E-state index in [9.17, 15) is 14.7 Å². The summed E-state index contributed by atoms with van der Waals surface area (Å²) in [5, 5.41) is 12.3. The van der Waals surface area contributed by atoms with Crippen molar-refractivity contribution in [2.24, 2.45) is 0 Å². The van der Waals surface area contributed by atoms with Crippen LogP contribution < -0.4 is 10.9 Å². The van der Waals surface area contributed by atoms with Crippen molar-refractivity contribution in [1.29, 1.82) is 0 Å². The van der Waals surface area contributed by atoms with Crippen LogP contribution in [0, 0.1) is 0 Å². The zero-order valence-corrected chi connectivity index (χ0v) is 11.6. The lowest BCUT2D eigenvalue weighted by molar-refractivity contribution is -0.116. The van der Waals surface area contributed by atoms with Crippen molar-refractivity contribution in [2.45, 2.75) is 6.54 Å². The number of aromatic hydroxyl groups is 1. The molecule has 0 aliphatic rings. The first-order valence-electron chi connectivity index (χ1n) is 6.66. The Morgan fingerprint density at radius 3 is 2.64 bits per heavy atom. The molecule has 6 heteroatoms. The van der Waals surface area contributed by atoms with Crippen molar-refractivity contribution in [1.82, 2.24) is 9.55 Å². The van der Waals surface area contributed by atoms with Crippen molar-refractivity contribution in [3.8, 4) is 5.75 Å². The first kappa shape index (κ1) is 13.8. The predicted molar refractivity (Wildman–Crippen MR) is 82.7 cm³/mol. The van der Waals surface area contributed by atoms with Gasteiger partial charge >= 0.3 is 0 Å². The maximum absolute atomic E-state index is 12.3. The van der Waals surface area contributed by atoms with Gasteiger partial charge in [0.25, 0.3) is 5.56 Å². The van der Waals surface area contributed by atoms with Crippen molar-refractivity contribution in [2.75, 3.05) is 5.32 Å². The molecule has 2 aromatic carbocycles. The van der Waals surface area contributed by atoms with Crippen molar-refractivity contribution in [3.63, 3.8) is 0 Å². The molecule has 1 amide bonds. The van der Waals surface area contributed by atoms with E-state index < -0.39 is 0 Å². The molecule has 6 nitrogen and oxygen atoms in total. The molecule has 2 N–H and O–H groups in total. The number of carbonyl (C=O) groups excluding carboxylic acids is 1. The molecule has 0 unspecified atom stereocenters. The third-order valence-corrected chi connectivity index (χ3v) is 3.20. The summed E-state index contributed by atoms with van der Waals surface area (Å²) in [7, 11) is 0. The minimum absolute atomic E-state index is 0.118. The molecule has 22 heavy (non-hydrogen) atoms. The molecular formula is C16H13N3O3. The first-order valence-corrected chi connectivity index (χ1v) is 6.66. The van der Waals surface area contributed by atoms with Gasteiger partial charge in [-0.2, -0.15) is 0 Å². The van der Waals surface area contributed by atoms with Crippen LogP contribution >= 0.6 is 0 Å². The van der Waals surface area contributed by atoms with Gasteiger partial charge in [0.15, 0.2) is 0 Å². The van der Waals surface area contributed by atoms with Gasteiger partial charge in [0.1, 0.15) is 12.3 Å². The number of carbonyl (C=O) groups is 1. The zero-order chi connectivity index (χ0) is 15.5. The quantitative estimate of drug-likeness (QED) is 0.721. The Labute approximate surface area is 125 Å². The summed E-state index contributed by atoms with van der Waals surface area (Å²) in [6.45, 7) is -0.127. The number of phenolic OH excluding ortho intramolecular Hbond substituents is 1. The lowest BCUT2D eigenvalue weighted by atomic mass is 10.2. The molecule has 0 fully saturated rings. The maximum atomic E-state index is 12.3. The smallest absolute Gasteiger partial charge is 0.261 e. The van der Waals surface area contributed by atoms with Crippen LogP contribution in [0.25, 0.3) is 10.9 Å². The molecule has 0 saturated carbocycles. The molecule has 0 bridgehead atoms. The molecular weight excluding hydrogens is 282 g/mol. The molecule has 1 heterocycles. The van der Waals surface area contributed by atoms with Crippen molar-refractivity contribution in [3.05, 3.63) is 65.2 Å². The lowest BCUT2D eigenvalue weighted by Crippen LogP contribution is -2.27. The van der Waals surface area contributed by atoms with E-state index >= 15 is 0 Å². The Bertz CT molecular complexity index is 885. The predicted octanol–water partition coefficient (Wildman–Crippen LogP) is 1.74. The molecule has 0 saturated heterocycles. The SMILES string of the molecule is O=C(Cn1cnc2ccccc2c1=O)Nc1ccc(O)cc1. The standard InChI is InChI=1S/C16H13N3O3/c20-12-7-5-11(6-8-12)18-15(21)9-19-10-17-14-4-2-1-3-13(14)16(19)22/h1-8,10,20H,9H2,(H,18,21). The van der Waals surface area contributed by atoms with E-state index in [1.807, 2.05) is 0 Å². The molecule has 3 aromatic rings. The second-order valence-corrected chi connectivity index (χ2v) is 4.79. The normalized spacial score (nSPS) is 10.5. The van der Waals surface area contributed by atoms with E-state index in [-0.39, 0.29) is 23.8 Å². The fourth-order valence-electron chi connectivity index (χ4n) is 2.12. The number of amides is 1. The van der Waals surface area contributed by atoms with Crippen LogP contribution in [0.1, 0.15) is 0 Å². The number of nitrogens with one attached hydrogen (secondary N) is 1. The number of anilines is 1. The first-order chi connectivity index (χ1) is 10.6. The third kappa shape index (κ3) is 2.80. The molecule has 0 aliphatic carbocycles. The number of aromatic nitrogens is 2. The van der Waals surface area contributed by atoms with E-state index in [0.717, 1.165) is 0 Å². The van der Waals surface area contributed by atoms with Gasteiger partial charge in [-0.05, 0) is 36.4 Å². The number of phenols is 1. The Hall–Kier alpha value is -3.15. The summed E-state index contributed by atoms with van der Waals surface area (Å²) in [5.74, 6) is -0.224. The fourth-order valence-corrected chi connectivity index (χ4v) is 2.12. The zero-order valence-electron chi connectivity index (χ0n) is 11.6. The highest BCUT2D eigenvalue weighted by Gasteiger charge is 2.08. The van der Waals surface area contributed by atoms with Gasteiger partial charge in [0.2, 0.25) is 5.91 Å². The monoisotopic (exact) mass is 295 g/mol. The maximum Gasteiger partial charge on any atom is 0.261 e. The topological polar surface area (TPSA) is 84.2 Å². The van der Waals surface area contributed by atoms with Crippen molar-refractivity contribution < 1.29 is 9.90 Å². The van der Waals surface area contributed by atoms with E-state index in [0.29, 0.717) is 16.6 Å². The largest absolute Gasteiger partial charge is 0.508 e. The van der Waals surface area contributed by atoms with Gasteiger partial charge in [-0.25, -0.2) is 4.98 Å². The van der Waals surface area contributed by atoms with Crippen LogP contribution in [-0.2, 0) is 11.3 Å². The molecule has 0 radical (unpaired) electrons. The van der Waals surface area contributed by atoms with E-state index in [2.05, 4.69) is 10.3 Å². The van der Waals surface area contributed by atoms with Gasteiger partial charge in [0.05, 0.1) is 17.2 Å². The van der Waals surface area contributed by atoms with Gasteiger partial charge in [-0.1, -0.05) is 12.1 Å². The van der Waals surface area contributed by atoms with Gasteiger partial charge in [0, 0.05) is 5.69 Å². The van der Waals surface area contributed by atoms with E-state index in [1.54, 1.807) is 36.4 Å². The van der Waals surface area contributed by atoms with Crippen LogP contribution in [0.5, 0.6) is 5.75 Å². The van der Waals surface area contributed by atoms with Crippen molar-refractivity contribution >= 4 is 22.5 Å². The molecule has 0 aliphatic heterocycles. The summed E-state index contributed by atoms with van der Waals surface area (Å²) in [6.07, 6.45) is 1.36. The third-order valence-electron chi connectivity index (χ3n) is 3.20. The Balaban J connectivity index is 1.81. The van der Waals surface area contributed by atoms with E-state index in [1.165, 1.54) is 23.0 Å². The second-order valence-electron chi connectivity index (χ2n) is 4.79. The highest BCUT2D eigenvalue weighted by molar-refractivity contribution is 5.90. The highest BCUT2D eigenvalue weighted by atomic mass is 16.3. The van der Waals surface area contributed by atoms with Crippen LogP contribution in [0.2, 0.25) is 0 Å². The lowest BCUT2D eigenvalue weighted by Gasteiger charge is -2.08. The summed E-state index contributed by atoms with van der Waals surface area (Å²) < 4.78 is 1.26. The fraction of sp³-hybridized carbons (Fsp3) is 0.0625. The van der Waals surface area contributed by atoms with Crippen LogP contribution in [-0.4, -0.2) is 20.6 Å². The van der Waals surface area contributed by atoms with Crippen LogP contribution in [0.4, 0.5) is 5.69 Å². The number of para-hydroxylation sites is 1. The average molecular weight is 295 g/mol. The minimum atomic E-state index is -0.343. The van der Waals surface area contributed by atoms with Gasteiger partial charge in [-0.15, -0.1) is 0 Å². The second kappa shape index (κ2) is 5.69. The number of rotatable bonds is 3. The van der Waals surface area contributed by atoms with E-state index in [4.69, 9.17) is 0 Å². The summed E-state index contributed by atoms with van der Waals surface area (Å²) in [6, 6.07) is 13.1. The Kier molecular flexibility index (Phi) is 3.57. The molecule has 3 rings (SSSR count). The van der Waals surface area contributed by atoms with Gasteiger partial charge in [-0.3, -0.25) is 14.2 Å². The number of hydrogen-bond acceptors (Lipinski definition) is 4. The summed E-state index contributed by atoms with van der Waals surface area (Å²) in [5.41, 5.74) is 0.888. The Morgan fingerprint density at radius 2 is 1.86 bits per heavy atom. The van der Waals surface area contributed by atoms with Gasteiger partial charge < -0.3 is 10.4 Å². The number of benzene rings is 2. The Morgan fingerprint density at radius 1 is 1.14 bits per heavy atom.